The van der Waals surface area contributed by atoms with Gasteiger partial charge in [-0.3, -0.25) is 14.6 Å². The molecule has 3 atom stereocenters. The highest BCUT2D eigenvalue weighted by atomic mass is 19.1. The van der Waals surface area contributed by atoms with Crippen molar-refractivity contribution in [2.75, 3.05) is 13.2 Å². The van der Waals surface area contributed by atoms with Crippen LogP contribution in [0.5, 0.6) is 0 Å². The van der Waals surface area contributed by atoms with E-state index in [4.69, 9.17) is 4.74 Å². The average molecular weight is 365 g/mol. The van der Waals surface area contributed by atoms with Gasteiger partial charge in [0.05, 0.1) is 23.9 Å². The van der Waals surface area contributed by atoms with E-state index < -0.39 is 23.9 Å². The number of aromatic nitrogens is 1. The van der Waals surface area contributed by atoms with Gasteiger partial charge in [-0.1, -0.05) is 0 Å². The second-order valence-electron chi connectivity index (χ2n) is 6.91. The summed E-state index contributed by atoms with van der Waals surface area (Å²) in [6.07, 6.45) is 4.44. The predicted octanol–water partition coefficient (Wildman–Crippen LogP) is 0.775. The van der Waals surface area contributed by atoms with E-state index in [9.17, 15) is 19.1 Å². The van der Waals surface area contributed by atoms with E-state index in [-0.39, 0.29) is 23.4 Å². The van der Waals surface area contributed by atoms with Crippen molar-refractivity contribution >= 4 is 11.8 Å². The Morgan fingerprint density at radius 1 is 1.19 bits per heavy atom. The van der Waals surface area contributed by atoms with Gasteiger partial charge in [0.2, 0.25) is 5.91 Å². The van der Waals surface area contributed by atoms with Gasteiger partial charge in [0.1, 0.15) is 0 Å². The van der Waals surface area contributed by atoms with Crippen LogP contribution in [0.2, 0.25) is 0 Å². The van der Waals surface area contributed by atoms with Crippen molar-refractivity contribution < 1.29 is 23.8 Å². The minimum absolute atomic E-state index is 0.0573. The number of aliphatic hydroxyl groups excluding tert-OH is 1. The minimum atomic E-state index is -0.754. The highest BCUT2D eigenvalue weighted by Crippen LogP contribution is 2.26. The molecule has 1 aromatic heterocycles. The molecule has 26 heavy (non-hydrogen) atoms. The van der Waals surface area contributed by atoms with Crippen LogP contribution in [0.1, 0.15) is 42.5 Å². The van der Waals surface area contributed by atoms with Crippen molar-refractivity contribution in [3.8, 4) is 0 Å². The molecule has 142 valence electrons. The van der Waals surface area contributed by atoms with Crippen molar-refractivity contribution in [3.63, 3.8) is 0 Å². The molecule has 7 nitrogen and oxygen atoms in total. The first kappa shape index (κ1) is 18.7. The number of nitrogens with one attached hydrogen (secondary N) is 2. The fourth-order valence-electron chi connectivity index (χ4n) is 3.51. The molecule has 2 heterocycles. The number of halogens is 1. The molecule has 0 unspecified atom stereocenters. The van der Waals surface area contributed by atoms with Gasteiger partial charge >= 0.3 is 0 Å². The summed E-state index contributed by atoms with van der Waals surface area (Å²) in [5, 5.41) is 15.9. The third-order valence-corrected chi connectivity index (χ3v) is 5.09. The second-order valence-corrected chi connectivity index (χ2v) is 6.91. The van der Waals surface area contributed by atoms with Crippen LogP contribution in [-0.4, -0.2) is 53.3 Å². The van der Waals surface area contributed by atoms with Gasteiger partial charge in [0, 0.05) is 31.4 Å². The number of aliphatic hydroxyl groups is 1. The van der Waals surface area contributed by atoms with Crippen LogP contribution in [-0.2, 0) is 9.53 Å². The summed E-state index contributed by atoms with van der Waals surface area (Å²) in [7, 11) is 0. The summed E-state index contributed by atoms with van der Waals surface area (Å²) < 4.78 is 19.0. The number of nitrogens with zero attached hydrogens (tertiary/aromatic N) is 1. The molecule has 0 spiro atoms. The summed E-state index contributed by atoms with van der Waals surface area (Å²) in [5.74, 6) is -1.67. The number of hydrogen-bond donors (Lipinski definition) is 3. The first-order valence-electron chi connectivity index (χ1n) is 9.01. The van der Waals surface area contributed by atoms with E-state index in [1.807, 2.05) is 0 Å². The zero-order valence-electron chi connectivity index (χ0n) is 14.5. The molecule has 0 bridgehead atoms. The Kier molecular flexibility index (Phi) is 6.16. The lowest BCUT2D eigenvalue weighted by atomic mass is 9.83. The Hall–Kier alpha value is -2.06. The lowest BCUT2D eigenvalue weighted by Crippen LogP contribution is -2.51. The molecule has 3 N–H and O–H groups in total. The molecule has 1 aliphatic heterocycles. The largest absolute Gasteiger partial charge is 0.391 e. The number of amides is 2. The first-order chi connectivity index (χ1) is 12.5. The highest BCUT2D eigenvalue weighted by molar-refractivity contribution is 5.94. The Balaban J connectivity index is 1.58. The fourth-order valence-corrected chi connectivity index (χ4v) is 3.51. The van der Waals surface area contributed by atoms with E-state index in [1.165, 1.54) is 12.3 Å². The van der Waals surface area contributed by atoms with Crippen LogP contribution in [0.4, 0.5) is 4.39 Å². The SMILES string of the molecule is O=C(N[C@@H]1C[C@@H](C(=O)NC2CCOCC2)CC[C@H]1O)c1ccncc1F. The molecular weight excluding hydrogens is 341 g/mol. The zero-order valence-corrected chi connectivity index (χ0v) is 14.5. The predicted molar refractivity (Wildman–Crippen MR) is 90.8 cm³/mol. The summed E-state index contributed by atoms with van der Waals surface area (Å²) in [6.45, 7) is 1.29. The molecule has 2 amide bonds. The van der Waals surface area contributed by atoms with E-state index in [2.05, 4.69) is 15.6 Å². The normalized spacial score (nSPS) is 26.9. The van der Waals surface area contributed by atoms with Gasteiger partial charge in [-0.05, 0) is 38.2 Å². The Bertz CT molecular complexity index is 651. The standard InChI is InChI=1S/C18H24FN3O4/c19-14-10-20-6-3-13(14)18(25)22-15-9-11(1-2-16(15)23)17(24)21-12-4-7-26-8-5-12/h3,6,10-12,15-16,23H,1-2,4-5,7-9H2,(H,21,24)(H,22,25)/t11-,15+,16+/m0/s1. The topological polar surface area (TPSA) is 101 Å². The van der Waals surface area contributed by atoms with E-state index in [0.717, 1.165) is 19.0 Å². The Labute approximate surface area is 151 Å². The highest BCUT2D eigenvalue weighted by Gasteiger charge is 2.35. The molecule has 2 aliphatic rings. The van der Waals surface area contributed by atoms with Crippen LogP contribution >= 0.6 is 0 Å². The van der Waals surface area contributed by atoms with E-state index in [1.54, 1.807) is 0 Å². The minimum Gasteiger partial charge on any atom is -0.391 e. The molecule has 1 aliphatic carbocycles. The van der Waals surface area contributed by atoms with Crippen LogP contribution in [0, 0.1) is 11.7 Å². The van der Waals surface area contributed by atoms with Crippen molar-refractivity contribution in [3.05, 3.63) is 29.8 Å². The summed E-state index contributed by atoms with van der Waals surface area (Å²) in [6, 6.07) is 0.811. The van der Waals surface area contributed by atoms with Crippen molar-refractivity contribution in [1.29, 1.82) is 0 Å². The van der Waals surface area contributed by atoms with Gasteiger partial charge < -0.3 is 20.5 Å². The van der Waals surface area contributed by atoms with Gasteiger partial charge in [-0.25, -0.2) is 4.39 Å². The third kappa shape index (κ3) is 4.56. The Morgan fingerprint density at radius 2 is 1.96 bits per heavy atom. The number of rotatable bonds is 4. The van der Waals surface area contributed by atoms with Crippen LogP contribution in [0.15, 0.2) is 18.5 Å². The lowest BCUT2D eigenvalue weighted by molar-refractivity contribution is -0.128. The molecule has 0 aromatic carbocycles. The van der Waals surface area contributed by atoms with E-state index in [0.29, 0.717) is 32.5 Å². The number of carbonyl (C=O) groups excluding carboxylic acids is 2. The number of hydrogen-bond acceptors (Lipinski definition) is 5. The van der Waals surface area contributed by atoms with Gasteiger partial charge in [-0.15, -0.1) is 0 Å². The maximum Gasteiger partial charge on any atom is 0.254 e. The molecule has 1 saturated heterocycles. The molecule has 8 heteroatoms. The average Bonchev–Trinajstić information content (AvgIpc) is 2.64. The van der Waals surface area contributed by atoms with E-state index >= 15 is 0 Å². The quantitative estimate of drug-likeness (QED) is 0.732. The number of ether oxygens (including phenoxy) is 1. The summed E-state index contributed by atoms with van der Waals surface area (Å²) >= 11 is 0. The molecule has 1 aromatic rings. The Morgan fingerprint density at radius 3 is 2.69 bits per heavy atom. The fraction of sp³-hybridized carbons (Fsp3) is 0.611. The second kappa shape index (κ2) is 8.55. The van der Waals surface area contributed by atoms with Gasteiger partial charge in [0.25, 0.3) is 5.91 Å². The summed E-state index contributed by atoms with van der Waals surface area (Å²) in [4.78, 5) is 28.4. The van der Waals surface area contributed by atoms with Crippen LogP contribution in [0.25, 0.3) is 0 Å². The monoisotopic (exact) mass is 365 g/mol. The maximum absolute atomic E-state index is 13.7. The molecular formula is C18H24FN3O4. The molecule has 1 saturated carbocycles. The smallest absolute Gasteiger partial charge is 0.254 e. The van der Waals surface area contributed by atoms with Crippen molar-refractivity contribution in [1.82, 2.24) is 15.6 Å². The van der Waals surface area contributed by atoms with Crippen LogP contribution in [0.3, 0.4) is 0 Å². The molecule has 3 rings (SSSR count). The maximum atomic E-state index is 13.7. The summed E-state index contributed by atoms with van der Waals surface area (Å²) in [5.41, 5.74) is -0.124. The van der Waals surface area contributed by atoms with Crippen molar-refractivity contribution in [2.45, 2.75) is 50.3 Å². The molecule has 2 fully saturated rings. The van der Waals surface area contributed by atoms with Gasteiger partial charge in [0.15, 0.2) is 5.82 Å². The number of pyridine rings is 1. The zero-order chi connectivity index (χ0) is 18.5. The molecule has 0 radical (unpaired) electrons. The van der Waals surface area contributed by atoms with Gasteiger partial charge in [-0.2, -0.15) is 0 Å². The number of carbonyl (C=O) groups is 2. The van der Waals surface area contributed by atoms with Crippen LogP contribution < -0.4 is 10.6 Å². The first-order valence-corrected chi connectivity index (χ1v) is 9.01. The lowest BCUT2D eigenvalue weighted by Gasteiger charge is -2.34. The third-order valence-electron chi connectivity index (χ3n) is 5.09. The van der Waals surface area contributed by atoms with Crippen molar-refractivity contribution in [2.24, 2.45) is 5.92 Å².